The molecule has 2 rings (SSSR count). The van der Waals surface area contributed by atoms with E-state index in [-0.39, 0.29) is 18.7 Å². The molecule has 0 aliphatic carbocycles. The monoisotopic (exact) mass is 351 g/mol. The number of aliphatic hydroxyl groups is 1. The van der Waals surface area contributed by atoms with Gasteiger partial charge < -0.3 is 10.4 Å². The van der Waals surface area contributed by atoms with Crippen molar-refractivity contribution in [2.45, 2.75) is 26.4 Å². The molecule has 1 aromatic carbocycles. The zero-order valence-electron chi connectivity index (χ0n) is 11.8. The molecule has 0 aliphatic heterocycles. The highest BCUT2D eigenvalue weighted by molar-refractivity contribution is 9.10. The van der Waals surface area contributed by atoms with Crippen molar-refractivity contribution in [1.29, 1.82) is 0 Å². The SMILES string of the molecule is CCc1ccc(CNc2cnn(CCO)c(=O)c2Br)cc1. The first-order valence-corrected chi connectivity index (χ1v) is 7.63. The maximum Gasteiger partial charge on any atom is 0.283 e. The summed E-state index contributed by atoms with van der Waals surface area (Å²) < 4.78 is 1.65. The van der Waals surface area contributed by atoms with Crippen molar-refractivity contribution in [3.8, 4) is 0 Å². The molecule has 5 nitrogen and oxygen atoms in total. The van der Waals surface area contributed by atoms with Crippen molar-refractivity contribution in [3.05, 3.63) is 56.4 Å². The number of aliphatic hydroxyl groups excluding tert-OH is 1. The molecule has 1 aromatic heterocycles. The lowest BCUT2D eigenvalue weighted by Crippen LogP contribution is -2.25. The number of nitrogens with zero attached hydrogens (tertiary/aromatic N) is 2. The highest BCUT2D eigenvalue weighted by Crippen LogP contribution is 2.17. The van der Waals surface area contributed by atoms with E-state index in [0.29, 0.717) is 16.7 Å². The summed E-state index contributed by atoms with van der Waals surface area (Å²) in [5.74, 6) is 0. The zero-order valence-corrected chi connectivity index (χ0v) is 13.4. The Hall–Kier alpha value is -1.66. The predicted octanol–water partition coefficient (Wildman–Crippen LogP) is 2.17. The van der Waals surface area contributed by atoms with E-state index in [1.54, 1.807) is 6.20 Å². The Bertz CT molecular complexity index is 653. The second-order valence-corrected chi connectivity index (χ2v) is 5.44. The van der Waals surface area contributed by atoms with Gasteiger partial charge in [0.25, 0.3) is 5.56 Å². The summed E-state index contributed by atoms with van der Waals surface area (Å²) in [5.41, 5.74) is 2.83. The van der Waals surface area contributed by atoms with Crippen molar-refractivity contribution in [2.24, 2.45) is 0 Å². The molecular weight excluding hydrogens is 334 g/mol. The Morgan fingerprint density at radius 2 is 1.95 bits per heavy atom. The van der Waals surface area contributed by atoms with Crippen molar-refractivity contribution in [1.82, 2.24) is 9.78 Å². The lowest BCUT2D eigenvalue weighted by molar-refractivity contribution is 0.266. The molecule has 21 heavy (non-hydrogen) atoms. The van der Waals surface area contributed by atoms with Gasteiger partial charge in [-0.3, -0.25) is 4.79 Å². The fourth-order valence-corrected chi connectivity index (χ4v) is 2.38. The van der Waals surface area contributed by atoms with Gasteiger partial charge in [0.1, 0.15) is 4.47 Å². The van der Waals surface area contributed by atoms with Crippen LogP contribution in [0.25, 0.3) is 0 Å². The van der Waals surface area contributed by atoms with Crippen LogP contribution in [0, 0.1) is 0 Å². The molecule has 0 unspecified atom stereocenters. The lowest BCUT2D eigenvalue weighted by Gasteiger charge is -2.10. The Morgan fingerprint density at radius 1 is 1.29 bits per heavy atom. The van der Waals surface area contributed by atoms with Crippen LogP contribution in [0.2, 0.25) is 0 Å². The number of aromatic nitrogens is 2. The molecule has 6 heteroatoms. The second kappa shape index (κ2) is 7.38. The molecule has 0 aliphatic rings. The molecule has 2 N–H and O–H groups in total. The lowest BCUT2D eigenvalue weighted by atomic mass is 10.1. The van der Waals surface area contributed by atoms with E-state index < -0.39 is 0 Å². The minimum atomic E-state index is -0.254. The van der Waals surface area contributed by atoms with Crippen LogP contribution in [0.1, 0.15) is 18.1 Å². The van der Waals surface area contributed by atoms with Gasteiger partial charge in [0.05, 0.1) is 25.0 Å². The molecule has 0 atom stereocenters. The molecule has 1 heterocycles. The average Bonchev–Trinajstić information content (AvgIpc) is 2.52. The molecule has 2 aromatic rings. The molecule has 0 saturated heterocycles. The van der Waals surface area contributed by atoms with Gasteiger partial charge in [-0.15, -0.1) is 0 Å². The van der Waals surface area contributed by atoms with Crippen molar-refractivity contribution >= 4 is 21.6 Å². The van der Waals surface area contributed by atoms with Gasteiger partial charge in [-0.1, -0.05) is 31.2 Å². The molecule has 0 fully saturated rings. The molecule has 0 saturated carbocycles. The van der Waals surface area contributed by atoms with Crippen molar-refractivity contribution in [3.63, 3.8) is 0 Å². The second-order valence-electron chi connectivity index (χ2n) is 4.65. The smallest absolute Gasteiger partial charge is 0.283 e. The fraction of sp³-hybridized carbons (Fsp3) is 0.333. The summed E-state index contributed by atoms with van der Waals surface area (Å²) in [6.45, 7) is 2.82. The van der Waals surface area contributed by atoms with E-state index >= 15 is 0 Å². The van der Waals surface area contributed by atoms with E-state index in [1.165, 1.54) is 10.2 Å². The first kappa shape index (κ1) is 15.7. The van der Waals surface area contributed by atoms with E-state index in [0.717, 1.165) is 12.0 Å². The number of anilines is 1. The molecule has 0 bridgehead atoms. The number of aryl methyl sites for hydroxylation is 1. The Kier molecular flexibility index (Phi) is 5.52. The minimum absolute atomic E-state index is 0.115. The summed E-state index contributed by atoms with van der Waals surface area (Å²) >= 11 is 3.28. The standard InChI is InChI=1S/C15H18BrN3O2/c1-2-11-3-5-12(6-4-11)9-17-13-10-18-19(7-8-20)15(21)14(13)16/h3-6,10,17,20H,2,7-9H2,1H3. The summed E-state index contributed by atoms with van der Waals surface area (Å²) in [7, 11) is 0. The van der Waals surface area contributed by atoms with Crippen LogP contribution >= 0.6 is 15.9 Å². The number of rotatable bonds is 6. The summed E-state index contributed by atoms with van der Waals surface area (Å²) in [4.78, 5) is 12.0. The average molecular weight is 352 g/mol. The largest absolute Gasteiger partial charge is 0.394 e. The van der Waals surface area contributed by atoms with Gasteiger partial charge in [0, 0.05) is 6.54 Å². The molecule has 0 radical (unpaired) electrons. The first-order valence-electron chi connectivity index (χ1n) is 6.84. The zero-order chi connectivity index (χ0) is 15.2. The van der Waals surface area contributed by atoms with E-state index in [4.69, 9.17) is 5.11 Å². The topological polar surface area (TPSA) is 67.2 Å². The molecule has 0 amide bonds. The van der Waals surface area contributed by atoms with Crippen LogP contribution in [0.5, 0.6) is 0 Å². The van der Waals surface area contributed by atoms with Crippen LogP contribution in [0.3, 0.4) is 0 Å². The number of nitrogens with one attached hydrogen (secondary N) is 1. The Morgan fingerprint density at radius 3 is 2.57 bits per heavy atom. The maximum absolute atomic E-state index is 12.0. The number of hydrogen-bond donors (Lipinski definition) is 2. The Balaban J connectivity index is 2.09. The number of halogens is 1. The summed E-state index contributed by atoms with van der Waals surface area (Å²) in [6, 6.07) is 8.34. The fourth-order valence-electron chi connectivity index (χ4n) is 1.93. The predicted molar refractivity (Wildman–Crippen MR) is 86.4 cm³/mol. The van der Waals surface area contributed by atoms with Gasteiger partial charge in [0.15, 0.2) is 0 Å². The van der Waals surface area contributed by atoms with Gasteiger partial charge in [-0.2, -0.15) is 5.10 Å². The van der Waals surface area contributed by atoms with Crippen LogP contribution in [0.4, 0.5) is 5.69 Å². The third kappa shape index (κ3) is 3.92. The molecule has 112 valence electrons. The van der Waals surface area contributed by atoms with E-state index in [1.807, 2.05) is 0 Å². The highest BCUT2D eigenvalue weighted by Gasteiger charge is 2.08. The van der Waals surface area contributed by atoms with Gasteiger partial charge in [0.2, 0.25) is 0 Å². The maximum atomic E-state index is 12.0. The number of benzene rings is 1. The van der Waals surface area contributed by atoms with Crippen LogP contribution in [-0.2, 0) is 19.5 Å². The van der Waals surface area contributed by atoms with Gasteiger partial charge in [-0.05, 0) is 33.5 Å². The summed E-state index contributed by atoms with van der Waals surface area (Å²) in [6.07, 6.45) is 2.60. The molecule has 0 spiro atoms. The third-order valence-corrected chi connectivity index (χ3v) is 3.98. The molecular formula is C15H18BrN3O2. The normalized spacial score (nSPS) is 10.6. The van der Waals surface area contributed by atoms with Crippen LogP contribution in [-0.4, -0.2) is 21.5 Å². The van der Waals surface area contributed by atoms with Crippen molar-refractivity contribution in [2.75, 3.05) is 11.9 Å². The quantitative estimate of drug-likeness (QED) is 0.836. The van der Waals surface area contributed by atoms with Gasteiger partial charge in [-0.25, -0.2) is 4.68 Å². The van der Waals surface area contributed by atoms with Gasteiger partial charge >= 0.3 is 0 Å². The number of hydrogen-bond acceptors (Lipinski definition) is 4. The van der Waals surface area contributed by atoms with Crippen molar-refractivity contribution < 1.29 is 5.11 Å². The van der Waals surface area contributed by atoms with Crippen LogP contribution in [0.15, 0.2) is 39.7 Å². The highest BCUT2D eigenvalue weighted by atomic mass is 79.9. The Labute approximate surface area is 131 Å². The van der Waals surface area contributed by atoms with E-state index in [2.05, 4.69) is 57.5 Å². The minimum Gasteiger partial charge on any atom is -0.394 e. The summed E-state index contributed by atoms with van der Waals surface area (Å²) in [5, 5.41) is 16.1. The van der Waals surface area contributed by atoms with Crippen LogP contribution < -0.4 is 10.9 Å². The third-order valence-electron chi connectivity index (χ3n) is 3.21. The first-order chi connectivity index (χ1) is 10.2. The van der Waals surface area contributed by atoms with E-state index in [9.17, 15) is 4.79 Å².